The van der Waals surface area contributed by atoms with E-state index in [9.17, 15) is 0 Å². The molecule has 0 saturated carbocycles. The third-order valence-corrected chi connectivity index (χ3v) is 2.59. The topological polar surface area (TPSA) is 53.6 Å². The van der Waals surface area contributed by atoms with Gasteiger partial charge in [0, 0.05) is 17.0 Å². The van der Waals surface area contributed by atoms with Crippen LogP contribution < -0.4 is 5.32 Å². The molecule has 84 valence electrons. The van der Waals surface area contributed by atoms with Crippen LogP contribution in [0.5, 0.6) is 0 Å². The number of aromatic amines is 1. The lowest BCUT2D eigenvalue weighted by molar-refractivity contribution is 0.863. The van der Waals surface area contributed by atoms with Gasteiger partial charge < -0.3 is 5.32 Å². The van der Waals surface area contributed by atoms with Crippen LogP contribution in [0.4, 0.5) is 5.82 Å². The van der Waals surface area contributed by atoms with Gasteiger partial charge in [-0.05, 0) is 32.9 Å². The van der Waals surface area contributed by atoms with E-state index < -0.39 is 0 Å². The van der Waals surface area contributed by atoms with Crippen LogP contribution in [0.25, 0.3) is 0 Å². The molecule has 2 heterocycles. The van der Waals surface area contributed by atoms with Crippen molar-refractivity contribution in [1.82, 2.24) is 15.2 Å². The zero-order chi connectivity index (χ0) is 11.5. The first-order valence-electron chi connectivity index (χ1n) is 5.37. The van der Waals surface area contributed by atoms with Crippen LogP contribution in [-0.4, -0.2) is 15.2 Å². The number of H-pyrrole nitrogens is 1. The van der Waals surface area contributed by atoms with E-state index in [4.69, 9.17) is 0 Å². The van der Waals surface area contributed by atoms with Gasteiger partial charge in [-0.2, -0.15) is 5.10 Å². The lowest BCUT2D eigenvalue weighted by Gasteiger charge is -2.14. The summed E-state index contributed by atoms with van der Waals surface area (Å²) in [5, 5.41) is 10.3. The van der Waals surface area contributed by atoms with Gasteiger partial charge in [-0.25, -0.2) is 4.98 Å². The van der Waals surface area contributed by atoms with E-state index >= 15 is 0 Å². The molecule has 4 nitrogen and oxygen atoms in total. The molecule has 0 aromatic carbocycles. The van der Waals surface area contributed by atoms with Crippen molar-refractivity contribution in [3.05, 3.63) is 41.3 Å². The maximum absolute atomic E-state index is 4.41. The minimum absolute atomic E-state index is 0.202. The Kier molecular flexibility index (Phi) is 2.90. The van der Waals surface area contributed by atoms with Gasteiger partial charge in [0.1, 0.15) is 5.82 Å². The zero-order valence-corrected chi connectivity index (χ0v) is 9.78. The lowest BCUT2D eigenvalue weighted by Crippen LogP contribution is -2.08. The van der Waals surface area contributed by atoms with E-state index in [1.54, 1.807) is 0 Å². The Balaban J connectivity index is 2.14. The average molecular weight is 216 g/mol. The van der Waals surface area contributed by atoms with Crippen molar-refractivity contribution in [1.29, 1.82) is 0 Å². The smallest absolute Gasteiger partial charge is 0.126 e. The summed E-state index contributed by atoms with van der Waals surface area (Å²) >= 11 is 0. The molecule has 1 unspecified atom stereocenters. The number of aryl methyl sites for hydroxylation is 2. The number of pyridine rings is 1. The highest BCUT2D eigenvalue weighted by molar-refractivity contribution is 5.39. The highest BCUT2D eigenvalue weighted by Crippen LogP contribution is 2.19. The minimum Gasteiger partial charge on any atom is -0.363 e. The van der Waals surface area contributed by atoms with E-state index in [0.29, 0.717) is 0 Å². The normalized spacial score (nSPS) is 12.4. The summed E-state index contributed by atoms with van der Waals surface area (Å²) in [5.74, 6) is 0.896. The average Bonchev–Trinajstić information content (AvgIpc) is 2.64. The monoisotopic (exact) mass is 216 g/mol. The number of anilines is 1. The molecule has 2 aromatic heterocycles. The highest BCUT2D eigenvalue weighted by atomic mass is 15.1. The van der Waals surface area contributed by atoms with Gasteiger partial charge in [-0.1, -0.05) is 6.07 Å². The predicted molar refractivity (Wildman–Crippen MR) is 64.3 cm³/mol. The molecule has 0 bridgehead atoms. The van der Waals surface area contributed by atoms with Gasteiger partial charge in [0.05, 0.1) is 12.2 Å². The number of hydrogen-bond acceptors (Lipinski definition) is 3. The Morgan fingerprint density at radius 1 is 1.31 bits per heavy atom. The first-order chi connectivity index (χ1) is 7.66. The number of rotatable bonds is 3. The molecule has 0 saturated heterocycles. The second-order valence-electron chi connectivity index (χ2n) is 3.98. The summed E-state index contributed by atoms with van der Waals surface area (Å²) in [4.78, 5) is 4.41. The second-order valence-corrected chi connectivity index (χ2v) is 3.98. The molecule has 0 aliphatic rings. The van der Waals surface area contributed by atoms with Gasteiger partial charge in [0.15, 0.2) is 0 Å². The highest BCUT2D eigenvalue weighted by Gasteiger charge is 2.10. The summed E-state index contributed by atoms with van der Waals surface area (Å²) < 4.78 is 0. The number of nitrogens with zero attached hydrogens (tertiary/aromatic N) is 2. The molecular weight excluding hydrogens is 200 g/mol. The van der Waals surface area contributed by atoms with Crippen molar-refractivity contribution in [2.75, 3.05) is 5.32 Å². The molecule has 0 radical (unpaired) electrons. The molecule has 2 aromatic rings. The molecule has 2 N–H and O–H groups in total. The summed E-state index contributed by atoms with van der Waals surface area (Å²) in [7, 11) is 0. The van der Waals surface area contributed by atoms with Crippen LogP contribution in [0.2, 0.25) is 0 Å². The standard InChI is InChI=1S/C12H16N4/c1-8-5-4-6-12(14-8)15-9(2)11-7-13-16-10(11)3/h4-7,9H,1-3H3,(H,13,16)(H,14,15). The second kappa shape index (κ2) is 4.35. The van der Waals surface area contributed by atoms with Gasteiger partial charge >= 0.3 is 0 Å². The van der Waals surface area contributed by atoms with Crippen molar-refractivity contribution in [2.45, 2.75) is 26.8 Å². The molecule has 0 aliphatic carbocycles. The zero-order valence-electron chi connectivity index (χ0n) is 9.78. The van der Waals surface area contributed by atoms with Crippen LogP contribution in [-0.2, 0) is 0 Å². The number of hydrogen-bond donors (Lipinski definition) is 2. The van der Waals surface area contributed by atoms with Gasteiger partial charge in [-0.3, -0.25) is 5.10 Å². The van der Waals surface area contributed by atoms with Crippen molar-refractivity contribution in [3.8, 4) is 0 Å². The third-order valence-electron chi connectivity index (χ3n) is 2.59. The minimum atomic E-state index is 0.202. The molecule has 4 heteroatoms. The molecule has 0 fully saturated rings. The Labute approximate surface area is 95.1 Å². The van der Waals surface area contributed by atoms with Crippen LogP contribution in [0.3, 0.4) is 0 Å². The molecule has 0 aliphatic heterocycles. The van der Waals surface area contributed by atoms with Crippen LogP contribution in [0.1, 0.15) is 29.9 Å². The van der Waals surface area contributed by atoms with Crippen molar-refractivity contribution in [2.24, 2.45) is 0 Å². The molecule has 0 amide bonds. The summed E-state index contributed by atoms with van der Waals surface area (Å²) in [6.07, 6.45) is 1.85. The lowest BCUT2D eigenvalue weighted by atomic mass is 10.1. The quantitative estimate of drug-likeness (QED) is 0.829. The molecule has 1 atom stereocenters. The van der Waals surface area contributed by atoms with Gasteiger partial charge in [0.25, 0.3) is 0 Å². The summed E-state index contributed by atoms with van der Waals surface area (Å²) in [5.41, 5.74) is 3.28. The number of aromatic nitrogens is 3. The summed E-state index contributed by atoms with van der Waals surface area (Å²) in [6, 6.07) is 6.16. The summed E-state index contributed by atoms with van der Waals surface area (Å²) in [6.45, 7) is 6.10. The van der Waals surface area contributed by atoms with Crippen LogP contribution in [0, 0.1) is 13.8 Å². The van der Waals surface area contributed by atoms with Crippen LogP contribution >= 0.6 is 0 Å². The van der Waals surface area contributed by atoms with Crippen molar-refractivity contribution < 1.29 is 0 Å². The van der Waals surface area contributed by atoms with E-state index in [-0.39, 0.29) is 6.04 Å². The first kappa shape index (κ1) is 10.7. The van der Waals surface area contributed by atoms with Crippen molar-refractivity contribution in [3.63, 3.8) is 0 Å². The molecular formula is C12H16N4. The molecule has 16 heavy (non-hydrogen) atoms. The predicted octanol–water partition coefficient (Wildman–Crippen LogP) is 2.59. The molecule has 0 spiro atoms. The SMILES string of the molecule is Cc1cccc(NC(C)c2cn[nH]c2C)n1. The molecule has 2 rings (SSSR count). The maximum Gasteiger partial charge on any atom is 0.126 e. The Morgan fingerprint density at radius 2 is 2.12 bits per heavy atom. The van der Waals surface area contributed by atoms with Crippen molar-refractivity contribution >= 4 is 5.82 Å². The fourth-order valence-electron chi connectivity index (χ4n) is 1.72. The Bertz CT molecular complexity index is 475. The number of nitrogens with one attached hydrogen (secondary N) is 2. The van der Waals surface area contributed by atoms with Crippen LogP contribution in [0.15, 0.2) is 24.4 Å². The fraction of sp³-hybridized carbons (Fsp3) is 0.333. The van der Waals surface area contributed by atoms with E-state index in [1.165, 1.54) is 5.56 Å². The van der Waals surface area contributed by atoms with Gasteiger partial charge in [0.2, 0.25) is 0 Å². The fourth-order valence-corrected chi connectivity index (χ4v) is 1.72. The Hall–Kier alpha value is -1.84. The Morgan fingerprint density at radius 3 is 2.75 bits per heavy atom. The van der Waals surface area contributed by atoms with E-state index in [1.807, 2.05) is 38.2 Å². The maximum atomic E-state index is 4.41. The third kappa shape index (κ3) is 2.21. The van der Waals surface area contributed by atoms with E-state index in [2.05, 4.69) is 27.4 Å². The van der Waals surface area contributed by atoms with Gasteiger partial charge in [-0.15, -0.1) is 0 Å². The van der Waals surface area contributed by atoms with E-state index in [0.717, 1.165) is 17.2 Å². The first-order valence-corrected chi connectivity index (χ1v) is 5.37. The largest absolute Gasteiger partial charge is 0.363 e.